The third-order valence-electron chi connectivity index (χ3n) is 1.76. The van der Waals surface area contributed by atoms with Crippen molar-refractivity contribution in [1.82, 2.24) is 9.55 Å². The molecule has 0 aromatic carbocycles. The lowest BCUT2D eigenvalue weighted by Crippen LogP contribution is -2.07. The first-order valence-electron chi connectivity index (χ1n) is 5.78. The van der Waals surface area contributed by atoms with Gasteiger partial charge in [0.25, 0.3) is 0 Å². The van der Waals surface area contributed by atoms with Gasteiger partial charge in [0, 0.05) is 13.0 Å². The van der Waals surface area contributed by atoms with Crippen molar-refractivity contribution < 1.29 is 20.9 Å². The second kappa shape index (κ2) is 14.6. The van der Waals surface area contributed by atoms with Gasteiger partial charge in [-0.1, -0.05) is 34.1 Å². The lowest BCUT2D eigenvalue weighted by molar-refractivity contribution is 0.0686. The highest BCUT2D eigenvalue weighted by Crippen LogP contribution is 2.13. The predicted octanol–water partition coefficient (Wildman–Crippen LogP) is 0.583. The molecule has 0 saturated heterocycles. The van der Waals surface area contributed by atoms with Gasteiger partial charge in [0.05, 0.1) is 6.20 Å². The van der Waals surface area contributed by atoms with Crippen LogP contribution >= 0.6 is 0 Å². The Morgan fingerprint density at radius 2 is 1.74 bits per heavy atom. The van der Waals surface area contributed by atoms with Crippen LogP contribution in [0.4, 0.5) is 0 Å². The molecule has 7 nitrogen and oxygen atoms in total. The number of carbonyl (C=O) groups is 1. The van der Waals surface area contributed by atoms with Gasteiger partial charge >= 0.3 is 5.97 Å². The Bertz CT molecular complexity index is 325. The summed E-state index contributed by atoms with van der Waals surface area (Å²) in [7, 11) is 3.21. The second-order valence-corrected chi connectivity index (χ2v) is 3.73. The molecule has 19 heavy (non-hydrogen) atoms. The smallest absolute Gasteiger partial charge is 0.354 e. The molecule has 0 fully saturated rings. The van der Waals surface area contributed by atoms with E-state index in [-0.39, 0.29) is 22.6 Å². The summed E-state index contributed by atoms with van der Waals surface area (Å²) in [6, 6.07) is 0. The van der Waals surface area contributed by atoms with Crippen molar-refractivity contribution >= 4 is 5.97 Å². The maximum atomic E-state index is 10.6. The molecule has 116 valence electrons. The van der Waals surface area contributed by atoms with Crippen LogP contribution in [0.25, 0.3) is 0 Å². The number of carboxylic acids is 1. The molecular weight excluding hydrogens is 250 g/mol. The number of imidazole rings is 1. The highest BCUT2D eigenvalue weighted by atomic mass is 16.4. The van der Waals surface area contributed by atoms with E-state index >= 15 is 0 Å². The first kappa shape index (κ1) is 26.2. The number of hydrogen-bond acceptors (Lipinski definition) is 3. The molecule has 0 spiro atoms. The average Bonchev–Trinajstić information content (AvgIpc) is 2.64. The summed E-state index contributed by atoms with van der Waals surface area (Å²) in [4.78, 5) is 14.6. The van der Waals surface area contributed by atoms with Crippen molar-refractivity contribution in [2.45, 2.75) is 40.0 Å². The van der Waals surface area contributed by atoms with E-state index in [9.17, 15) is 4.79 Å². The Balaban J connectivity index is -0.000000142. The summed E-state index contributed by atoms with van der Waals surface area (Å²) < 4.78 is 1.60. The monoisotopic (exact) mass is 279 g/mol. The first-order chi connectivity index (χ1) is 7.95. The molecule has 0 aliphatic carbocycles. The van der Waals surface area contributed by atoms with E-state index in [0.29, 0.717) is 0 Å². The maximum Gasteiger partial charge on any atom is 0.354 e. The molecule has 0 radical (unpaired) electrons. The first-order valence-corrected chi connectivity index (χ1v) is 5.78. The SMILES string of the molecule is CC(C)c1ncc(C(=O)O)n1C.CCC.CN.O.O. The number of carboxylic acid groups (broad SMARTS) is 1. The molecule has 7 N–H and O–H groups in total. The van der Waals surface area contributed by atoms with Crippen LogP contribution in [0.5, 0.6) is 0 Å². The Morgan fingerprint density at radius 1 is 1.37 bits per heavy atom. The van der Waals surface area contributed by atoms with Gasteiger partial charge in [0.15, 0.2) is 0 Å². The minimum absolute atomic E-state index is 0. The maximum absolute atomic E-state index is 10.6. The standard InChI is InChI=1S/C8H12N2O2.C3H8.CH5N.2H2O/c1-5(2)7-9-4-6(8(11)12)10(7)3;1-3-2;1-2;;/h4-5H,1-3H3,(H,11,12);3H2,1-2H3;2H2,1H3;2*1H2. The fourth-order valence-corrected chi connectivity index (χ4v) is 1.16. The van der Waals surface area contributed by atoms with E-state index in [1.165, 1.54) is 19.7 Å². The molecule has 1 aromatic rings. The van der Waals surface area contributed by atoms with Crippen molar-refractivity contribution in [1.29, 1.82) is 0 Å². The number of aromatic nitrogens is 2. The van der Waals surface area contributed by atoms with Crippen LogP contribution in [0.15, 0.2) is 6.20 Å². The third-order valence-corrected chi connectivity index (χ3v) is 1.76. The highest BCUT2D eigenvalue weighted by Gasteiger charge is 2.13. The zero-order chi connectivity index (χ0) is 14.0. The van der Waals surface area contributed by atoms with E-state index in [4.69, 9.17) is 5.11 Å². The molecule has 0 aliphatic heterocycles. The molecule has 0 atom stereocenters. The Kier molecular flexibility index (Phi) is 20.2. The average molecular weight is 279 g/mol. The summed E-state index contributed by atoms with van der Waals surface area (Å²) in [5, 5.41) is 8.70. The van der Waals surface area contributed by atoms with Crippen LogP contribution in [-0.4, -0.2) is 38.6 Å². The molecule has 7 heteroatoms. The molecule has 0 bridgehead atoms. The Labute approximate surface area is 115 Å². The van der Waals surface area contributed by atoms with Crippen LogP contribution in [0, 0.1) is 0 Å². The van der Waals surface area contributed by atoms with Crippen molar-refractivity contribution in [2.24, 2.45) is 12.8 Å². The van der Waals surface area contributed by atoms with Crippen LogP contribution in [0.2, 0.25) is 0 Å². The van der Waals surface area contributed by atoms with Gasteiger partial charge < -0.3 is 26.4 Å². The lowest BCUT2D eigenvalue weighted by atomic mass is 10.2. The van der Waals surface area contributed by atoms with E-state index in [1.807, 2.05) is 13.8 Å². The second-order valence-electron chi connectivity index (χ2n) is 3.73. The normalized spacial score (nSPS) is 8.00. The zero-order valence-electron chi connectivity index (χ0n) is 12.7. The van der Waals surface area contributed by atoms with E-state index in [0.717, 1.165) is 5.82 Å². The van der Waals surface area contributed by atoms with Gasteiger partial charge in [-0.3, -0.25) is 0 Å². The van der Waals surface area contributed by atoms with Crippen molar-refractivity contribution in [3.8, 4) is 0 Å². The molecule has 0 aliphatic rings. The molecule has 0 unspecified atom stereocenters. The van der Waals surface area contributed by atoms with Gasteiger partial charge in [-0.25, -0.2) is 9.78 Å². The van der Waals surface area contributed by atoms with Gasteiger partial charge in [-0.2, -0.15) is 0 Å². The predicted molar refractivity (Wildman–Crippen MR) is 77.6 cm³/mol. The van der Waals surface area contributed by atoms with Gasteiger partial charge in [0.1, 0.15) is 11.5 Å². The number of rotatable bonds is 2. The minimum atomic E-state index is -0.933. The van der Waals surface area contributed by atoms with Crippen LogP contribution in [-0.2, 0) is 7.05 Å². The number of nitrogens with two attached hydrogens (primary N) is 1. The fraction of sp³-hybridized carbons (Fsp3) is 0.667. The summed E-state index contributed by atoms with van der Waals surface area (Å²) >= 11 is 0. The van der Waals surface area contributed by atoms with E-state index < -0.39 is 5.97 Å². The topological polar surface area (TPSA) is 144 Å². The molecule has 0 amide bonds. The number of nitrogens with zero attached hydrogens (tertiary/aromatic N) is 2. The van der Waals surface area contributed by atoms with Crippen LogP contribution in [0.3, 0.4) is 0 Å². The van der Waals surface area contributed by atoms with Crippen molar-refractivity contribution in [3.05, 3.63) is 17.7 Å². The highest BCUT2D eigenvalue weighted by molar-refractivity contribution is 5.85. The Morgan fingerprint density at radius 3 is 1.89 bits per heavy atom. The van der Waals surface area contributed by atoms with Crippen LogP contribution in [0.1, 0.15) is 56.3 Å². The quantitative estimate of drug-likeness (QED) is 0.815. The number of aromatic carboxylic acids is 1. The van der Waals surface area contributed by atoms with Gasteiger partial charge in [0.2, 0.25) is 0 Å². The molecule has 1 rings (SSSR count). The van der Waals surface area contributed by atoms with Gasteiger partial charge in [-0.15, -0.1) is 0 Å². The Hall–Kier alpha value is -1.44. The molecular formula is C12H29N3O4. The molecule has 1 aromatic heterocycles. The molecule has 1 heterocycles. The zero-order valence-corrected chi connectivity index (χ0v) is 12.7. The largest absolute Gasteiger partial charge is 0.477 e. The van der Waals surface area contributed by atoms with E-state index in [2.05, 4.69) is 24.6 Å². The van der Waals surface area contributed by atoms with Gasteiger partial charge in [-0.05, 0) is 7.05 Å². The summed E-state index contributed by atoms with van der Waals surface area (Å²) in [6.07, 6.45) is 2.64. The summed E-state index contributed by atoms with van der Waals surface area (Å²) in [6.45, 7) is 8.21. The van der Waals surface area contributed by atoms with Crippen molar-refractivity contribution in [2.75, 3.05) is 7.05 Å². The van der Waals surface area contributed by atoms with Crippen LogP contribution < -0.4 is 5.73 Å². The van der Waals surface area contributed by atoms with E-state index in [1.54, 1.807) is 11.6 Å². The van der Waals surface area contributed by atoms with Crippen molar-refractivity contribution in [3.63, 3.8) is 0 Å². The third kappa shape index (κ3) is 9.18. The fourth-order valence-electron chi connectivity index (χ4n) is 1.16. The number of hydrogen-bond donors (Lipinski definition) is 2. The summed E-state index contributed by atoms with van der Waals surface area (Å²) in [5.74, 6) is 0.118. The molecule has 0 saturated carbocycles. The minimum Gasteiger partial charge on any atom is -0.477 e. The lowest BCUT2D eigenvalue weighted by Gasteiger charge is -2.05. The summed E-state index contributed by atoms with van der Waals surface area (Å²) in [5.41, 5.74) is 4.73.